The topological polar surface area (TPSA) is 173 Å². The van der Waals surface area contributed by atoms with Crippen molar-refractivity contribution in [2.75, 3.05) is 0 Å². The van der Waals surface area contributed by atoms with Crippen LogP contribution in [0.4, 0.5) is 0 Å². The maximum atomic E-state index is 11.2. The second-order valence-corrected chi connectivity index (χ2v) is 10.2. The fourth-order valence-electron chi connectivity index (χ4n) is 2.43. The van der Waals surface area contributed by atoms with Gasteiger partial charge in [-0.15, -0.1) is 0 Å². The maximum absolute atomic E-state index is 11.2. The van der Waals surface area contributed by atoms with Crippen LogP contribution in [-0.2, 0) is 25.2 Å². The number of thioether (sulfide) groups is 1. The van der Waals surface area contributed by atoms with E-state index in [0.29, 0.717) is 0 Å². The van der Waals surface area contributed by atoms with E-state index in [4.69, 9.17) is 20.4 Å². The number of phenols is 1. The number of carboxylic acids is 3. The molecular formula is C21H32O9S. The summed E-state index contributed by atoms with van der Waals surface area (Å²) in [6, 6.07) is 3.65. The van der Waals surface area contributed by atoms with Gasteiger partial charge in [-0.2, -0.15) is 0 Å². The van der Waals surface area contributed by atoms with E-state index >= 15 is 0 Å². The zero-order chi connectivity index (χ0) is 24.9. The number of carbonyl (C=O) groups is 3. The van der Waals surface area contributed by atoms with Crippen LogP contribution >= 0.6 is 11.8 Å². The zero-order valence-electron chi connectivity index (χ0n) is 18.7. The average Bonchev–Trinajstić information content (AvgIpc) is 2.59. The highest BCUT2D eigenvalue weighted by molar-refractivity contribution is 8.01. The quantitative estimate of drug-likeness (QED) is 0.346. The predicted molar refractivity (Wildman–Crippen MR) is 116 cm³/mol. The van der Waals surface area contributed by atoms with E-state index in [0.717, 1.165) is 16.7 Å². The van der Waals surface area contributed by atoms with Gasteiger partial charge < -0.3 is 30.6 Å². The fraction of sp³-hybridized carbons (Fsp3) is 0.571. The molecule has 1 aromatic rings. The molecule has 0 aliphatic rings. The number of benzene rings is 1. The zero-order valence-corrected chi connectivity index (χ0v) is 19.5. The summed E-state index contributed by atoms with van der Waals surface area (Å²) in [5.74, 6) is -4.33. The third kappa shape index (κ3) is 8.76. The van der Waals surface area contributed by atoms with Crippen molar-refractivity contribution in [3.63, 3.8) is 0 Å². The SMILES string of the molecule is CC(C(=O)O)c1cc(C(C)(C)C)c(O)c(C(C)(C)C)c1.O=C(O)C(O)SC(O)C(=O)O. The van der Waals surface area contributed by atoms with Gasteiger partial charge >= 0.3 is 17.9 Å². The van der Waals surface area contributed by atoms with Crippen molar-refractivity contribution >= 4 is 29.7 Å². The van der Waals surface area contributed by atoms with E-state index in [9.17, 15) is 24.6 Å². The summed E-state index contributed by atoms with van der Waals surface area (Å²) in [5, 5.41) is 52.8. The Morgan fingerprint density at radius 1 is 0.774 bits per heavy atom. The van der Waals surface area contributed by atoms with Crippen molar-refractivity contribution in [3.8, 4) is 5.75 Å². The van der Waals surface area contributed by atoms with Crippen molar-refractivity contribution < 1.29 is 45.0 Å². The van der Waals surface area contributed by atoms with E-state index in [-0.39, 0.29) is 28.3 Å². The van der Waals surface area contributed by atoms with Crippen LogP contribution < -0.4 is 0 Å². The van der Waals surface area contributed by atoms with Gasteiger partial charge in [-0.25, -0.2) is 9.59 Å². The lowest BCUT2D eigenvalue weighted by Crippen LogP contribution is -2.24. The van der Waals surface area contributed by atoms with Crippen molar-refractivity contribution in [1.82, 2.24) is 0 Å². The molecule has 0 bridgehead atoms. The Bertz CT molecular complexity index is 753. The molecule has 3 unspecified atom stereocenters. The van der Waals surface area contributed by atoms with Crippen LogP contribution in [0.25, 0.3) is 0 Å². The van der Waals surface area contributed by atoms with Crippen LogP contribution in [0.15, 0.2) is 12.1 Å². The molecule has 0 fully saturated rings. The van der Waals surface area contributed by atoms with Crippen LogP contribution in [0, 0.1) is 0 Å². The van der Waals surface area contributed by atoms with Gasteiger partial charge in [-0.05, 0) is 34.4 Å². The Morgan fingerprint density at radius 2 is 1.10 bits per heavy atom. The molecule has 10 heteroatoms. The molecular weight excluding hydrogens is 428 g/mol. The molecule has 6 N–H and O–H groups in total. The second kappa shape index (κ2) is 10.8. The molecule has 0 saturated heterocycles. The molecule has 0 spiro atoms. The number of aliphatic hydroxyl groups excluding tert-OH is 2. The van der Waals surface area contributed by atoms with Gasteiger partial charge in [0.25, 0.3) is 0 Å². The molecule has 1 aromatic carbocycles. The second-order valence-electron chi connectivity index (χ2n) is 9.04. The van der Waals surface area contributed by atoms with Gasteiger partial charge in [0.2, 0.25) is 10.9 Å². The third-order valence-corrected chi connectivity index (χ3v) is 5.22. The smallest absolute Gasteiger partial charge is 0.343 e. The predicted octanol–water partition coefficient (Wildman–Crippen LogP) is 2.70. The monoisotopic (exact) mass is 460 g/mol. The number of phenolic OH excluding ortho intramolecular Hbond substituents is 1. The molecule has 0 aliphatic heterocycles. The van der Waals surface area contributed by atoms with E-state index < -0.39 is 34.7 Å². The normalized spacial score (nSPS) is 14.6. The lowest BCUT2D eigenvalue weighted by molar-refractivity contribution is -0.143. The van der Waals surface area contributed by atoms with Crippen LogP contribution in [0.5, 0.6) is 5.75 Å². The number of rotatable bonds is 6. The van der Waals surface area contributed by atoms with Gasteiger partial charge in [-0.1, -0.05) is 65.4 Å². The highest BCUT2D eigenvalue weighted by Gasteiger charge is 2.28. The first kappa shape index (κ1) is 28.7. The number of carboxylic acid groups (broad SMARTS) is 3. The Kier molecular flexibility index (Phi) is 10.0. The van der Waals surface area contributed by atoms with E-state index in [2.05, 4.69) is 0 Å². The van der Waals surface area contributed by atoms with E-state index in [1.807, 2.05) is 53.7 Å². The average molecular weight is 461 g/mol. The molecule has 31 heavy (non-hydrogen) atoms. The summed E-state index contributed by atoms with van der Waals surface area (Å²) in [6.07, 6.45) is 0. The summed E-state index contributed by atoms with van der Waals surface area (Å²) < 4.78 is 0. The fourth-order valence-corrected chi connectivity index (χ4v) is 2.91. The minimum absolute atomic E-state index is 0.0278. The van der Waals surface area contributed by atoms with Gasteiger partial charge in [0.1, 0.15) is 5.75 Å². The van der Waals surface area contributed by atoms with E-state index in [1.165, 1.54) is 0 Å². The molecule has 0 aromatic heterocycles. The summed E-state index contributed by atoms with van der Waals surface area (Å²) in [6.45, 7) is 13.8. The minimum Gasteiger partial charge on any atom is -0.507 e. The van der Waals surface area contributed by atoms with E-state index in [1.54, 1.807) is 6.92 Å². The van der Waals surface area contributed by atoms with Gasteiger partial charge in [0.05, 0.1) is 5.92 Å². The number of aromatic hydroxyl groups is 1. The number of aliphatic hydroxyl groups is 2. The number of aliphatic carboxylic acids is 3. The minimum atomic E-state index is -1.92. The highest BCUT2D eigenvalue weighted by atomic mass is 32.2. The van der Waals surface area contributed by atoms with Crippen molar-refractivity contribution in [2.45, 2.75) is 76.1 Å². The molecule has 9 nitrogen and oxygen atoms in total. The Balaban J connectivity index is 0.000000695. The molecule has 176 valence electrons. The summed E-state index contributed by atoms with van der Waals surface area (Å²) in [4.78, 5) is 31.0. The van der Waals surface area contributed by atoms with Gasteiger partial charge in [0, 0.05) is 0 Å². The van der Waals surface area contributed by atoms with Crippen molar-refractivity contribution in [3.05, 3.63) is 28.8 Å². The van der Waals surface area contributed by atoms with Crippen LogP contribution in [0.1, 0.15) is 71.1 Å². The molecule has 0 amide bonds. The Morgan fingerprint density at radius 3 is 1.32 bits per heavy atom. The largest absolute Gasteiger partial charge is 0.507 e. The van der Waals surface area contributed by atoms with Crippen LogP contribution in [-0.4, -0.2) is 59.4 Å². The Labute approximate surface area is 185 Å². The molecule has 0 heterocycles. The van der Waals surface area contributed by atoms with Gasteiger partial charge in [-0.3, -0.25) is 4.79 Å². The number of hydrogen-bond acceptors (Lipinski definition) is 7. The van der Waals surface area contributed by atoms with Crippen LogP contribution in [0.3, 0.4) is 0 Å². The molecule has 0 radical (unpaired) electrons. The molecule has 3 atom stereocenters. The first-order valence-electron chi connectivity index (χ1n) is 9.38. The lowest BCUT2D eigenvalue weighted by atomic mass is 9.77. The molecule has 1 rings (SSSR count). The Hall–Kier alpha value is -2.30. The molecule has 0 saturated carbocycles. The lowest BCUT2D eigenvalue weighted by Gasteiger charge is -2.28. The molecule has 0 aliphatic carbocycles. The first-order valence-corrected chi connectivity index (χ1v) is 10.3. The summed E-state index contributed by atoms with van der Waals surface area (Å²) >= 11 is 0.0278. The first-order chi connectivity index (χ1) is 13.8. The highest BCUT2D eigenvalue weighted by Crippen LogP contribution is 2.41. The third-order valence-electron chi connectivity index (χ3n) is 4.30. The van der Waals surface area contributed by atoms with Crippen LogP contribution in [0.2, 0.25) is 0 Å². The maximum Gasteiger partial charge on any atom is 0.343 e. The number of hydrogen-bond donors (Lipinski definition) is 6. The standard InChI is InChI=1S/C17H26O3.C4H6O6S/c1-10(15(19)20)11-8-12(16(2,3)4)14(18)13(9-11)17(5,6)7;5-1(6)3(9)11-4(10)2(7)8/h8-10,18H,1-7H3,(H,19,20);3-4,9-10H,(H,5,6)(H,7,8). The van der Waals surface area contributed by atoms with Crippen molar-refractivity contribution in [1.29, 1.82) is 0 Å². The summed E-state index contributed by atoms with van der Waals surface area (Å²) in [5.41, 5.74) is -1.97. The summed E-state index contributed by atoms with van der Waals surface area (Å²) in [7, 11) is 0. The van der Waals surface area contributed by atoms with Gasteiger partial charge in [0.15, 0.2) is 0 Å². The van der Waals surface area contributed by atoms with Crippen molar-refractivity contribution in [2.24, 2.45) is 0 Å².